The largest absolute Gasteiger partial charge is 0.508 e. The molecule has 0 bridgehead atoms. The van der Waals surface area contributed by atoms with Crippen LogP contribution in [0.2, 0.25) is 0 Å². The van der Waals surface area contributed by atoms with Crippen molar-refractivity contribution in [2.45, 2.75) is 13.1 Å². The Morgan fingerprint density at radius 3 is 2.76 bits per heavy atom. The van der Waals surface area contributed by atoms with Gasteiger partial charge in [-0.3, -0.25) is 0 Å². The molecule has 3 rings (SSSR count). The van der Waals surface area contributed by atoms with Crippen molar-refractivity contribution in [2.75, 3.05) is 13.2 Å². The van der Waals surface area contributed by atoms with Crippen molar-refractivity contribution in [3.8, 4) is 17.2 Å². The lowest BCUT2D eigenvalue weighted by atomic mass is 10.1. The summed E-state index contributed by atoms with van der Waals surface area (Å²) in [7, 11) is 0. The Kier molecular flexibility index (Phi) is 4.31. The topological polar surface area (TPSA) is 50.7 Å². The van der Waals surface area contributed by atoms with E-state index in [4.69, 9.17) is 9.47 Å². The van der Waals surface area contributed by atoms with E-state index in [0.717, 1.165) is 27.1 Å². The Bertz CT molecular complexity index is 645. The minimum absolute atomic E-state index is 0.313. The number of phenols is 1. The second-order valence-electron chi connectivity index (χ2n) is 4.83. The van der Waals surface area contributed by atoms with E-state index in [1.165, 1.54) is 0 Å². The molecule has 0 saturated heterocycles. The standard InChI is InChI=1S/C16H16BrNO3/c17-13-7-11(8-15-16(13)21-6-5-20-15)9-18-10-12-3-1-2-4-14(12)19/h1-4,7-8,18-19H,5-6,9-10H2. The maximum atomic E-state index is 9.73. The van der Waals surface area contributed by atoms with Gasteiger partial charge in [-0.15, -0.1) is 0 Å². The molecule has 2 aromatic carbocycles. The highest BCUT2D eigenvalue weighted by atomic mass is 79.9. The summed E-state index contributed by atoms with van der Waals surface area (Å²) >= 11 is 3.51. The summed E-state index contributed by atoms with van der Waals surface area (Å²) in [5.41, 5.74) is 1.98. The number of aromatic hydroxyl groups is 1. The number of phenolic OH excluding ortho intramolecular Hbond substituents is 1. The highest BCUT2D eigenvalue weighted by molar-refractivity contribution is 9.10. The zero-order chi connectivity index (χ0) is 14.7. The van der Waals surface area contributed by atoms with Crippen molar-refractivity contribution in [1.82, 2.24) is 5.32 Å². The van der Waals surface area contributed by atoms with E-state index in [-0.39, 0.29) is 0 Å². The van der Waals surface area contributed by atoms with Gasteiger partial charge in [-0.05, 0) is 39.7 Å². The lowest BCUT2D eigenvalue weighted by molar-refractivity contribution is 0.170. The molecule has 0 atom stereocenters. The van der Waals surface area contributed by atoms with Crippen molar-refractivity contribution < 1.29 is 14.6 Å². The van der Waals surface area contributed by atoms with E-state index in [1.54, 1.807) is 6.07 Å². The van der Waals surface area contributed by atoms with Gasteiger partial charge in [0.1, 0.15) is 19.0 Å². The van der Waals surface area contributed by atoms with Gasteiger partial charge < -0.3 is 19.9 Å². The maximum absolute atomic E-state index is 9.73. The molecule has 0 amide bonds. The van der Waals surface area contributed by atoms with Crippen molar-refractivity contribution >= 4 is 15.9 Å². The first-order valence-electron chi connectivity index (χ1n) is 6.79. The lowest BCUT2D eigenvalue weighted by Gasteiger charge is -2.20. The number of hydrogen-bond acceptors (Lipinski definition) is 4. The molecule has 1 aliphatic heterocycles. The van der Waals surface area contributed by atoms with Crippen molar-refractivity contribution in [3.63, 3.8) is 0 Å². The molecule has 1 aliphatic rings. The third-order valence-corrected chi connectivity index (χ3v) is 3.88. The van der Waals surface area contributed by atoms with Crippen molar-refractivity contribution in [2.24, 2.45) is 0 Å². The lowest BCUT2D eigenvalue weighted by Crippen LogP contribution is -2.17. The quantitative estimate of drug-likeness (QED) is 0.889. The van der Waals surface area contributed by atoms with Gasteiger partial charge in [0.25, 0.3) is 0 Å². The van der Waals surface area contributed by atoms with Gasteiger partial charge in [-0.2, -0.15) is 0 Å². The van der Waals surface area contributed by atoms with Crippen molar-refractivity contribution in [3.05, 3.63) is 52.0 Å². The monoisotopic (exact) mass is 349 g/mol. The Morgan fingerprint density at radius 1 is 1.10 bits per heavy atom. The van der Waals surface area contributed by atoms with Gasteiger partial charge >= 0.3 is 0 Å². The minimum Gasteiger partial charge on any atom is -0.508 e. The van der Waals surface area contributed by atoms with Gasteiger partial charge in [0.05, 0.1) is 4.47 Å². The number of hydrogen-bond donors (Lipinski definition) is 2. The smallest absolute Gasteiger partial charge is 0.175 e. The number of fused-ring (bicyclic) bond motifs is 1. The zero-order valence-electron chi connectivity index (χ0n) is 11.4. The van der Waals surface area contributed by atoms with Crippen LogP contribution in [-0.2, 0) is 13.1 Å². The Hall–Kier alpha value is -1.72. The van der Waals surface area contributed by atoms with Gasteiger partial charge in [-0.25, -0.2) is 0 Å². The van der Waals surface area contributed by atoms with Gasteiger partial charge in [0, 0.05) is 18.7 Å². The van der Waals surface area contributed by atoms with Gasteiger partial charge in [-0.1, -0.05) is 18.2 Å². The SMILES string of the molecule is Oc1ccccc1CNCc1cc(Br)c2c(c1)OCCO2. The third-order valence-electron chi connectivity index (χ3n) is 3.29. The van der Waals surface area contributed by atoms with Crippen LogP contribution in [0.15, 0.2) is 40.9 Å². The molecule has 110 valence electrons. The highest BCUT2D eigenvalue weighted by Crippen LogP contribution is 2.38. The molecule has 0 fully saturated rings. The van der Waals surface area contributed by atoms with E-state index < -0.39 is 0 Å². The van der Waals surface area contributed by atoms with Crippen molar-refractivity contribution in [1.29, 1.82) is 0 Å². The van der Waals surface area contributed by atoms with E-state index in [0.29, 0.717) is 32.1 Å². The van der Waals surface area contributed by atoms with Crippen LogP contribution >= 0.6 is 15.9 Å². The predicted octanol–water partition coefficient (Wildman–Crippen LogP) is 3.22. The van der Waals surface area contributed by atoms with Crippen LogP contribution in [-0.4, -0.2) is 18.3 Å². The molecule has 0 aliphatic carbocycles. The van der Waals surface area contributed by atoms with E-state index in [9.17, 15) is 5.11 Å². The summed E-state index contributed by atoms with van der Waals surface area (Å²) < 4.78 is 12.1. The van der Waals surface area contributed by atoms with Crippen LogP contribution in [0, 0.1) is 0 Å². The first-order valence-corrected chi connectivity index (χ1v) is 7.59. The van der Waals surface area contributed by atoms with Crippen LogP contribution in [0.4, 0.5) is 0 Å². The molecule has 0 aromatic heterocycles. The fourth-order valence-electron chi connectivity index (χ4n) is 2.27. The minimum atomic E-state index is 0.313. The first-order chi connectivity index (χ1) is 10.2. The number of para-hydroxylation sites is 1. The zero-order valence-corrected chi connectivity index (χ0v) is 13.0. The molecule has 0 radical (unpaired) electrons. The van der Waals surface area contributed by atoms with Crippen LogP contribution in [0.3, 0.4) is 0 Å². The third kappa shape index (κ3) is 3.31. The molecule has 4 nitrogen and oxygen atoms in total. The Morgan fingerprint density at radius 2 is 1.90 bits per heavy atom. The molecule has 1 heterocycles. The number of ether oxygens (including phenoxy) is 2. The maximum Gasteiger partial charge on any atom is 0.175 e. The number of halogens is 1. The molecule has 5 heteroatoms. The molecule has 21 heavy (non-hydrogen) atoms. The molecular formula is C16H16BrNO3. The second kappa shape index (κ2) is 6.37. The van der Waals surface area contributed by atoms with E-state index in [1.807, 2.05) is 30.3 Å². The van der Waals surface area contributed by atoms with Crippen LogP contribution in [0.1, 0.15) is 11.1 Å². The molecule has 0 unspecified atom stereocenters. The van der Waals surface area contributed by atoms with Crippen LogP contribution < -0.4 is 14.8 Å². The highest BCUT2D eigenvalue weighted by Gasteiger charge is 2.16. The van der Waals surface area contributed by atoms with E-state index >= 15 is 0 Å². The Labute approximate surface area is 131 Å². The average Bonchev–Trinajstić information content (AvgIpc) is 2.49. The summed E-state index contributed by atoms with van der Waals surface area (Å²) in [6, 6.07) is 11.3. The first kappa shape index (κ1) is 14.2. The van der Waals surface area contributed by atoms with Gasteiger partial charge in [0.2, 0.25) is 0 Å². The van der Waals surface area contributed by atoms with Crippen LogP contribution in [0.25, 0.3) is 0 Å². The summed E-state index contributed by atoms with van der Waals surface area (Å²) in [5.74, 6) is 1.86. The van der Waals surface area contributed by atoms with Crippen LogP contribution in [0.5, 0.6) is 17.2 Å². The molecule has 0 spiro atoms. The summed E-state index contributed by atoms with van der Waals surface area (Å²) in [5, 5.41) is 13.0. The molecule has 0 saturated carbocycles. The number of benzene rings is 2. The fraction of sp³-hybridized carbons (Fsp3) is 0.250. The fourth-order valence-corrected chi connectivity index (χ4v) is 2.87. The molecule has 2 N–H and O–H groups in total. The summed E-state index contributed by atoms with van der Waals surface area (Å²) in [4.78, 5) is 0. The second-order valence-corrected chi connectivity index (χ2v) is 5.69. The number of nitrogens with one attached hydrogen (secondary N) is 1. The predicted molar refractivity (Wildman–Crippen MR) is 83.8 cm³/mol. The Balaban J connectivity index is 1.66. The van der Waals surface area contributed by atoms with E-state index in [2.05, 4.69) is 21.2 Å². The normalized spacial score (nSPS) is 13.2. The number of rotatable bonds is 4. The molecule has 2 aromatic rings. The average molecular weight is 350 g/mol. The molecular weight excluding hydrogens is 334 g/mol. The summed E-state index contributed by atoms with van der Waals surface area (Å²) in [6.45, 7) is 2.45. The van der Waals surface area contributed by atoms with Gasteiger partial charge in [0.15, 0.2) is 11.5 Å². The summed E-state index contributed by atoms with van der Waals surface area (Å²) in [6.07, 6.45) is 0.